The molecule has 5 nitrogen and oxygen atoms in total. The van der Waals surface area contributed by atoms with E-state index < -0.39 is 15.8 Å². The van der Waals surface area contributed by atoms with Gasteiger partial charge in [0.1, 0.15) is 10.7 Å². The van der Waals surface area contributed by atoms with Crippen molar-refractivity contribution in [3.05, 3.63) is 69.1 Å². The molecule has 3 rings (SSSR count). The molecule has 1 heterocycles. The first-order valence-electron chi connectivity index (χ1n) is 7.06. The normalized spacial score (nSPS) is 11.5. The molecule has 1 N–H and O–H groups in total. The number of aromatic nitrogens is 2. The van der Waals surface area contributed by atoms with Crippen molar-refractivity contribution in [2.24, 2.45) is 0 Å². The minimum absolute atomic E-state index is 0.0745. The molecule has 3 aromatic rings. The number of nitrogens with one attached hydrogen (secondary N) is 1. The molecule has 0 aliphatic carbocycles. The van der Waals surface area contributed by atoms with Crippen LogP contribution in [0.1, 0.15) is 5.69 Å². The van der Waals surface area contributed by atoms with Gasteiger partial charge >= 0.3 is 0 Å². The molecule has 0 fully saturated rings. The Morgan fingerprint density at radius 3 is 2.40 bits per heavy atom. The second kappa shape index (κ2) is 6.89. The topological polar surface area (TPSA) is 64.0 Å². The smallest absolute Gasteiger partial charge is 0.264 e. The summed E-state index contributed by atoms with van der Waals surface area (Å²) in [6, 6.07) is 10.9. The number of sulfonamides is 1. The fraction of sp³-hybridized carbons (Fsp3) is 0.0625. The fourth-order valence-electron chi connectivity index (χ4n) is 2.33. The maximum atomic E-state index is 13.4. The van der Waals surface area contributed by atoms with E-state index in [1.807, 2.05) is 19.1 Å². The zero-order chi connectivity index (χ0) is 18.2. The van der Waals surface area contributed by atoms with Crippen LogP contribution in [0.3, 0.4) is 0 Å². The zero-order valence-electron chi connectivity index (χ0n) is 12.9. The molecule has 25 heavy (non-hydrogen) atoms. The predicted octanol–water partition coefficient (Wildman–Crippen LogP) is 4.65. The highest BCUT2D eigenvalue weighted by Crippen LogP contribution is 2.32. The quantitative estimate of drug-likeness (QED) is 0.581. The molecule has 0 atom stereocenters. The molecule has 9 heteroatoms. The van der Waals surface area contributed by atoms with Crippen molar-refractivity contribution in [2.75, 3.05) is 4.72 Å². The Morgan fingerprint density at radius 1 is 1.12 bits per heavy atom. The number of hydrogen-bond acceptors (Lipinski definition) is 3. The van der Waals surface area contributed by atoms with Gasteiger partial charge in [-0.05, 0) is 75.2 Å². The Labute approximate surface area is 161 Å². The van der Waals surface area contributed by atoms with E-state index in [2.05, 4.69) is 41.7 Å². The highest BCUT2D eigenvalue weighted by Gasteiger charge is 2.22. The first-order valence-corrected chi connectivity index (χ1v) is 10.1. The molecule has 1 aromatic heterocycles. The van der Waals surface area contributed by atoms with Gasteiger partial charge in [-0.15, -0.1) is 0 Å². The summed E-state index contributed by atoms with van der Waals surface area (Å²) in [5.74, 6) is -0.547. The lowest BCUT2D eigenvalue weighted by molar-refractivity contribution is 0.598. The van der Waals surface area contributed by atoms with Gasteiger partial charge in [0.2, 0.25) is 0 Å². The van der Waals surface area contributed by atoms with E-state index in [9.17, 15) is 12.8 Å². The first-order chi connectivity index (χ1) is 11.8. The van der Waals surface area contributed by atoms with Crippen LogP contribution >= 0.6 is 31.9 Å². The predicted molar refractivity (Wildman–Crippen MR) is 101 cm³/mol. The third-order valence-corrected chi connectivity index (χ3v) is 6.66. The standard InChI is InChI=1S/C16H12Br2FN3O2S/c1-10-5-6-20-22(10)13-4-2-3-12(9-13)21-25(23,24)16-14(17)7-11(19)8-15(16)18/h2-9,21H,1H3. The first kappa shape index (κ1) is 18.1. The average Bonchev–Trinajstić information content (AvgIpc) is 2.91. The van der Waals surface area contributed by atoms with Gasteiger partial charge in [0.05, 0.1) is 11.4 Å². The lowest BCUT2D eigenvalue weighted by Crippen LogP contribution is -2.15. The van der Waals surface area contributed by atoms with E-state index in [4.69, 9.17) is 0 Å². The van der Waals surface area contributed by atoms with Gasteiger partial charge < -0.3 is 0 Å². The van der Waals surface area contributed by atoms with Gasteiger partial charge in [-0.2, -0.15) is 5.10 Å². The van der Waals surface area contributed by atoms with Crippen LogP contribution in [0.5, 0.6) is 0 Å². The van der Waals surface area contributed by atoms with Crippen molar-refractivity contribution in [1.82, 2.24) is 9.78 Å². The molecule has 130 valence electrons. The largest absolute Gasteiger partial charge is 0.279 e. The third-order valence-electron chi connectivity index (χ3n) is 3.41. The van der Waals surface area contributed by atoms with E-state index in [0.717, 1.165) is 23.5 Å². The van der Waals surface area contributed by atoms with Gasteiger partial charge in [0.25, 0.3) is 10.0 Å². The SMILES string of the molecule is Cc1ccnn1-c1cccc(NS(=O)(=O)c2c(Br)cc(F)cc2Br)c1. The van der Waals surface area contributed by atoms with E-state index in [-0.39, 0.29) is 13.8 Å². The maximum absolute atomic E-state index is 13.4. The van der Waals surface area contributed by atoms with Gasteiger partial charge in [0.15, 0.2) is 0 Å². The molecule has 0 radical (unpaired) electrons. The van der Waals surface area contributed by atoms with Crippen molar-refractivity contribution in [2.45, 2.75) is 11.8 Å². The summed E-state index contributed by atoms with van der Waals surface area (Å²) in [6.45, 7) is 1.90. The molecule has 0 aliphatic heterocycles. The second-order valence-electron chi connectivity index (χ2n) is 5.24. The zero-order valence-corrected chi connectivity index (χ0v) is 16.9. The minimum atomic E-state index is -3.93. The molecule has 0 aliphatic rings. The van der Waals surface area contributed by atoms with Crippen molar-refractivity contribution in [3.8, 4) is 5.69 Å². The third kappa shape index (κ3) is 3.78. The number of halogens is 3. The molecule has 0 saturated carbocycles. The summed E-state index contributed by atoms with van der Waals surface area (Å²) in [5, 5.41) is 4.20. The molecule has 0 amide bonds. The van der Waals surface area contributed by atoms with Crippen molar-refractivity contribution in [3.63, 3.8) is 0 Å². The highest BCUT2D eigenvalue weighted by atomic mass is 79.9. The van der Waals surface area contributed by atoms with Gasteiger partial charge in [-0.1, -0.05) is 6.07 Å². The summed E-state index contributed by atoms with van der Waals surface area (Å²) in [6.07, 6.45) is 1.67. The fourth-order valence-corrected chi connectivity index (χ4v) is 5.91. The van der Waals surface area contributed by atoms with Gasteiger partial charge in [-0.25, -0.2) is 17.5 Å². The Kier molecular flexibility index (Phi) is 4.99. The van der Waals surface area contributed by atoms with Crippen LogP contribution < -0.4 is 4.72 Å². The summed E-state index contributed by atoms with van der Waals surface area (Å²) < 4.78 is 43.3. The van der Waals surface area contributed by atoms with E-state index in [1.54, 1.807) is 29.1 Å². The van der Waals surface area contributed by atoms with E-state index in [0.29, 0.717) is 5.69 Å². The van der Waals surface area contributed by atoms with Crippen molar-refractivity contribution < 1.29 is 12.8 Å². The monoisotopic (exact) mass is 487 g/mol. The summed E-state index contributed by atoms with van der Waals surface area (Å²) in [7, 11) is -3.93. The molecular formula is C16H12Br2FN3O2S. The molecule has 0 saturated heterocycles. The summed E-state index contributed by atoms with van der Waals surface area (Å²) in [4.78, 5) is -0.0745. The molecular weight excluding hydrogens is 477 g/mol. The van der Waals surface area contributed by atoms with Crippen LogP contribution in [0, 0.1) is 12.7 Å². The molecule has 0 spiro atoms. The Morgan fingerprint density at radius 2 is 1.80 bits per heavy atom. The van der Waals surface area contributed by atoms with Crippen LogP contribution in [-0.2, 0) is 10.0 Å². The lowest BCUT2D eigenvalue weighted by atomic mass is 10.3. The number of hydrogen-bond donors (Lipinski definition) is 1. The van der Waals surface area contributed by atoms with Crippen molar-refractivity contribution in [1.29, 1.82) is 0 Å². The summed E-state index contributed by atoms with van der Waals surface area (Å²) in [5.41, 5.74) is 2.01. The number of aryl methyl sites for hydroxylation is 1. The average molecular weight is 489 g/mol. The number of rotatable bonds is 4. The lowest BCUT2D eigenvalue weighted by Gasteiger charge is -2.13. The van der Waals surface area contributed by atoms with E-state index >= 15 is 0 Å². The maximum Gasteiger partial charge on any atom is 0.264 e. The van der Waals surface area contributed by atoms with Gasteiger partial charge in [-0.3, -0.25) is 4.72 Å². The number of nitrogens with zero attached hydrogens (tertiary/aromatic N) is 2. The second-order valence-corrected chi connectivity index (χ2v) is 8.57. The van der Waals surface area contributed by atoms with Gasteiger partial charge in [0, 0.05) is 20.8 Å². The summed E-state index contributed by atoms with van der Waals surface area (Å²) >= 11 is 6.20. The number of benzene rings is 2. The highest BCUT2D eigenvalue weighted by molar-refractivity contribution is 9.11. The van der Waals surface area contributed by atoms with Crippen LogP contribution in [-0.4, -0.2) is 18.2 Å². The van der Waals surface area contributed by atoms with Crippen LogP contribution in [0.2, 0.25) is 0 Å². The Bertz CT molecular complexity index is 1030. The van der Waals surface area contributed by atoms with Crippen LogP contribution in [0.15, 0.2) is 62.5 Å². The Hall–Kier alpha value is -1.71. The van der Waals surface area contributed by atoms with Crippen LogP contribution in [0.4, 0.5) is 10.1 Å². The van der Waals surface area contributed by atoms with Crippen LogP contribution in [0.25, 0.3) is 5.69 Å². The minimum Gasteiger partial charge on any atom is -0.279 e. The number of anilines is 1. The molecule has 2 aromatic carbocycles. The Balaban J connectivity index is 1.99. The van der Waals surface area contributed by atoms with Crippen molar-refractivity contribution >= 4 is 47.6 Å². The van der Waals surface area contributed by atoms with E-state index in [1.165, 1.54) is 0 Å². The molecule has 0 unspecified atom stereocenters. The molecule has 0 bridgehead atoms.